The average molecular weight is 266 g/mol. The van der Waals surface area contributed by atoms with Crippen LogP contribution in [0.1, 0.15) is 29.3 Å². The number of rotatable bonds is 6. The lowest BCUT2D eigenvalue weighted by atomic mass is 10.1. The maximum atomic E-state index is 12.0. The summed E-state index contributed by atoms with van der Waals surface area (Å²) >= 11 is 0. The molecule has 1 aromatic carbocycles. The Morgan fingerprint density at radius 1 is 1.32 bits per heavy atom. The predicted octanol–water partition coefficient (Wildman–Crippen LogP) is 1.48. The zero-order valence-electron chi connectivity index (χ0n) is 11.9. The highest BCUT2D eigenvalue weighted by Crippen LogP contribution is 2.29. The minimum atomic E-state index is -0.155. The Kier molecular flexibility index (Phi) is 5.63. The number of carbonyl (C=O) groups excluding carboxylic acids is 1. The van der Waals surface area contributed by atoms with Gasteiger partial charge in [-0.05, 0) is 32.4 Å². The molecule has 0 aliphatic rings. The highest BCUT2D eigenvalue weighted by molar-refractivity contribution is 5.95. The zero-order valence-corrected chi connectivity index (χ0v) is 11.9. The van der Waals surface area contributed by atoms with E-state index in [0.29, 0.717) is 23.6 Å². The smallest absolute Gasteiger partial charge is 0.251 e. The van der Waals surface area contributed by atoms with Gasteiger partial charge in [-0.1, -0.05) is 0 Å². The van der Waals surface area contributed by atoms with Crippen molar-refractivity contribution in [3.63, 3.8) is 0 Å². The maximum Gasteiger partial charge on any atom is 0.251 e. The Morgan fingerprint density at radius 2 is 1.84 bits per heavy atom. The van der Waals surface area contributed by atoms with Gasteiger partial charge >= 0.3 is 0 Å². The summed E-state index contributed by atoms with van der Waals surface area (Å²) in [4.78, 5) is 12.0. The largest absolute Gasteiger partial charge is 0.496 e. The molecule has 1 amide bonds. The van der Waals surface area contributed by atoms with Crippen molar-refractivity contribution in [3.05, 3.63) is 23.3 Å². The number of hydrogen-bond donors (Lipinski definition) is 2. The monoisotopic (exact) mass is 266 g/mol. The first kappa shape index (κ1) is 15.3. The Hall–Kier alpha value is -1.75. The first-order valence-electron chi connectivity index (χ1n) is 6.26. The number of ether oxygens (including phenoxy) is 2. The Balaban J connectivity index is 2.85. The molecule has 0 aromatic heterocycles. The van der Waals surface area contributed by atoms with Gasteiger partial charge in [0.2, 0.25) is 0 Å². The van der Waals surface area contributed by atoms with E-state index < -0.39 is 0 Å². The maximum absolute atomic E-state index is 12.0. The molecule has 19 heavy (non-hydrogen) atoms. The fraction of sp³-hybridized carbons (Fsp3) is 0.500. The van der Waals surface area contributed by atoms with E-state index in [-0.39, 0.29) is 11.9 Å². The molecule has 0 fully saturated rings. The van der Waals surface area contributed by atoms with Crippen LogP contribution >= 0.6 is 0 Å². The normalized spacial score (nSPS) is 11.8. The van der Waals surface area contributed by atoms with Crippen LogP contribution in [0.5, 0.6) is 11.5 Å². The van der Waals surface area contributed by atoms with E-state index in [4.69, 9.17) is 15.2 Å². The summed E-state index contributed by atoms with van der Waals surface area (Å²) in [7, 11) is 3.14. The molecule has 1 atom stereocenters. The second-order valence-electron chi connectivity index (χ2n) is 4.53. The summed E-state index contributed by atoms with van der Waals surface area (Å²) in [5, 5.41) is 2.82. The molecule has 0 bridgehead atoms. The highest BCUT2D eigenvalue weighted by atomic mass is 16.5. The minimum Gasteiger partial charge on any atom is -0.496 e. The van der Waals surface area contributed by atoms with Crippen molar-refractivity contribution >= 4 is 5.91 Å². The van der Waals surface area contributed by atoms with Crippen LogP contribution in [0.15, 0.2) is 12.1 Å². The van der Waals surface area contributed by atoms with E-state index in [2.05, 4.69) is 5.32 Å². The van der Waals surface area contributed by atoms with Gasteiger partial charge in [0, 0.05) is 23.7 Å². The lowest BCUT2D eigenvalue weighted by Gasteiger charge is -2.13. The second-order valence-corrected chi connectivity index (χ2v) is 4.53. The fourth-order valence-electron chi connectivity index (χ4n) is 1.73. The Morgan fingerprint density at radius 3 is 2.26 bits per heavy atom. The summed E-state index contributed by atoms with van der Waals surface area (Å²) < 4.78 is 10.5. The molecule has 1 aromatic rings. The molecule has 1 unspecified atom stereocenters. The van der Waals surface area contributed by atoms with E-state index in [1.165, 1.54) is 0 Å². The number of amides is 1. The molecule has 106 valence electrons. The highest BCUT2D eigenvalue weighted by Gasteiger charge is 2.13. The molecular formula is C14H22N2O3. The van der Waals surface area contributed by atoms with Crippen molar-refractivity contribution in [3.8, 4) is 11.5 Å². The second kappa shape index (κ2) is 6.99. The van der Waals surface area contributed by atoms with E-state index >= 15 is 0 Å². The van der Waals surface area contributed by atoms with Crippen LogP contribution < -0.4 is 20.5 Å². The van der Waals surface area contributed by atoms with E-state index in [0.717, 1.165) is 12.0 Å². The van der Waals surface area contributed by atoms with Crippen molar-refractivity contribution in [2.75, 3.05) is 20.8 Å². The summed E-state index contributed by atoms with van der Waals surface area (Å²) in [5.74, 6) is 1.12. The number of methoxy groups -OCH3 is 2. The molecule has 5 nitrogen and oxygen atoms in total. The van der Waals surface area contributed by atoms with Gasteiger partial charge in [0.1, 0.15) is 11.5 Å². The first-order chi connectivity index (χ1) is 8.99. The zero-order chi connectivity index (χ0) is 14.4. The molecule has 0 heterocycles. The van der Waals surface area contributed by atoms with Crippen LogP contribution in [0.2, 0.25) is 0 Å². The third-order valence-electron chi connectivity index (χ3n) is 2.90. The van der Waals surface area contributed by atoms with Crippen molar-refractivity contribution in [2.45, 2.75) is 26.3 Å². The van der Waals surface area contributed by atoms with Crippen LogP contribution in [0.3, 0.4) is 0 Å². The molecule has 5 heteroatoms. The van der Waals surface area contributed by atoms with Crippen molar-refractivity contribution < 1.29 is 14.3 Å². The molecule has 0 saturated heterocycles. The van der Waals surface area contributed by atoms with Crippen molar-refractivity contribution in [2.24, 2.45) is 5.73 Å². The number of hydrogen-bond acceptors (Lipinski definition) is 4. The molecule has 0 radical (unpaired) electrons. The van der Waals surface area contributed by atoms with Gasteiger partial charge in [0.05, 0.1) is 14.2 Å². The van der Waals surface area contributed by atoms with E-state index in [1.54, 1.807) is 26.4 Å². The van der Waals surface area contributed by atoms with Crippen LogP contribution in [0.25, 0.3) is 0 Å². The topological polar surface area (TPSA) is 73.6 Å². The molecule has 0 spiro atoms. The van der Waals surface area contributed by atoms with Gasteiger partial charge in [0.15, 0.2) is 0 Å². The van der Waals surface area contributed by atoms with Crippen LogP contribution in [-0.2, 0) is 0 Å². The number of nitrogens with one attached hydrogen (secondary N) is 1. The molecular weight excluding hydrogens is 244 g/mol. The van der Waals surface area contributed by atoms with Crippen molar-refractivity contribution in [1.82, 2.24) is 5.32 Å². The first-order valence-corrected chi connectivity index (χ1v) is 6.26. The van der Waals surface area contributed by atoms with Gasteiger partial charge in [0.25, 0.3) is 5.91 Å². The summed E-state index contributed by atoms with van der Waals surface area (Å²) in [5.41, 5.74) is 7.03. The summed E-state index contributed by atoms with van der Waals surface area (Å²) in [6.45, 7) is 4.34. The van der Waals surface area contributed by atoms with Crippen molar-refractivity contribution in [1.29, 1.82) is 0 Å². The summed E-state index contributed by atoms with van der Waals surface area (Å²) in [6, 6.07) is 3.49. The van der Waals surface area contributed by atoms with Gasteiger partial charge in [-0.25, -0.2) is 0 Å². The Bertz CT molecular complexity index is 419. The lowest BCUT2D eigenvalue weighted by Crippen LogP contribution is -2.29. The molecule has 0 saturated carbocycles. The fourth-order valence-corrected chi connectivity index (χ4v) is 1.73. The summed E-state index contributed by atoms with van der Waals surface area (Å²) in [6.07, 6.45) is 0.742. The van der Waals surface area contributed by atoms with E-state index in [9.17, 15) is 4.79 Å². The quantitative estimate of drug-likeness (QED) is 0.818. The third-order valence-corrected chi connectivity index (χ3v) is 2.90. The van der Waals surface area contributed by atoms with E-state index in [1.807, 2.05) is 13.8 Å². The number of benzene rings is 1. The van der Waals surface area contributed by atoms with Gasteiger partial charge in [-0.3, -0.25) is 4.79 Å². The SMILES string of the molecule is COc1cc(C(=O)NCCC(C)N)cc(OC)c1C. The Labute approximate surface area is 114 Å². The molecule has 1 rings (SSSR count). The average Bonchev–Trinajstić information content (AvgIpc) is 2.38. The van der Waals surface area contributed by atoms with Gasteiger partial charge in [-0.2, -0.15) is 0 Å². The standard InChI is InChI=1S/C14H22N2O3/c1-9(15)5-6-16-14(17)11-7-12(18-3)10(2)13(8-11)19-4/h7-9H,5-6,15H2,1-4H3,(H,16,17). The molecule has 0 aliphatic carbocycles. The number of carbonyl (C=O) groups is 1. The lowest BCUT2D eigenvalue weighted by molar-refractivity contribution is 0.0952. The third kappa shape index (κ3) is 4.13. The minimum absolute atomic E-state index is 0.0717. The van der Waals surface area contributed by atoms with Crippen LogP contribution in [-0.4, -0.2) is 32.7 Å². The molecule has 0 aliphatic heterocycles. The van der Waals surface area contributed by atoms with Crippen LogP contribution in [0.4, 0.5) is 0 Å². The van der Waals surface area contributed by atoms with Crippen LogP contribution in [0, 0.1) is 6.92 Å². The predicted molar refractivity (Wildman–Crippen MR) is 74.9 cm³/mol. The molecule has 3 N–H and O–H groups in total. The van der Waals surface area contributed by atoms with Gasteiger partial charge in [-0.15, -0.1) is 0 Å². The van der Waals surface area contributed by atoms with Gasteiger partial charge < -0.3 is 20.5 Å². The number of nitrogens with two attached hydrogens (primary N) is 1.